The molecule has 1 amide bonds. The second-order valence-electron chi connectivity index (χ2n) is 8.57. The molecule has 2 aromatic carbocycles. The second-order valence-corrected chi connectivity index (χ2v) is 9.40. The van der Waals surface area contributed by atoms with Crippen LogP contribution in [0, 0.1) is 6.92 Å². The minimum atomic E-state index is -0.310. The molecule has 0 fully saturated rings. The van der Waals surface area contributed by atoms with Crippen molar-refractivity contribution in [1.82, 2.24) is 14.6 Å². The highest BCUT2D eigenvalue weighted by Gasteiger charge is 2.20. The summed E-state index contributed by atoms with van der Waals surface area (Å²) in [6.45, 7) is 8.29. The Bertz CT molecular complexity index is 1250. The Balaban J connectivity index is 1.46. The maximum Gasteiger partial charge on any atom is 0.264 e. The summed E-state index contributed by atoms with van der Waals surface area (Å²) in [6.07, 6.45) is 0. The van der Waals surface area contributed by atoms with Crippen LogP contribution in [0.5, 0.6) is 11.5 Å². The third kappa shape index (κ3) is 4.60. The normalized spacial score (nSPS) is 11.5. The maximum absolute atomic E-state index is 12.5. The molecule has 8 heteroatoms. The van der Waals surface area contributed by atoms with Gasteiger partial charge in [-0.2, -0.15) is 4.98 Å². The molecule has 0 aliphatic rings. The van der Waals surface area contributed by atoms with Gasteiger partial charge in [-0.05, 0) is 48.2 Å². The lowest BCUT2D eigenvalue weighted by molar-refractivity contribution is -0.118. The number of rotatable bonds is 6. The summed E-state index contributed by atoms with van der Waals surface area (Å²) in [5.74, 6) is 1.43. The number of hydrogen-bond donors (Lipinski definition) is 1. The number of nitrogens with one attached hydrogen (secondary N) is 1. The number of nitrogens with zero attached hydrogens (tertiary/aromatic N) is 3. The van der Waals surface area contributed by atoms with E-state index in [1.165, 1.54) is 11.3 Å². The van der Waals surface area contributed by atoms with Gasteiger partial charge in [-0.15, -0.1) is 16.4 Å². The molecule has 2 aromatic heterocycles. The van der Waals surface area contributed by atoms with E-state index in [9.17, 15) is 4.79 Å². The number of benzene rings is 2. The van der Waals surface area contributed by atoms with Gasteiger partial charge in [0.05, 0.1) is 12.8 Å². The molecule has 0 saturated carbocycles. The van der Waals surface area contributed by atoms with Crippen molar-refractivity contribution in [2.45, 2.75) is 33.1 Å². The van der Waals surface area contributed by atoms with Crippen molar-refractivity contribution in [3.63, 3.8) is 0 Å². The Morgan fingerprint density at radius 1 is 1.16 bits per heavy atom. The predicted molar refractivity (Wildman–Crippen MR) is 127 cm³/mol. The van der Waals surface area contributed by atoms with Crippen LogP contribution in [0.1, 0.15) is 31.9 Å². The van der Waals surface area contributed by atoms with Gasteiger partial charge in [-0.25, -0.2) is 4.52 Å². The molecular formula is C24H26N4O3S. The SMILES string of the molecule is COc1ccc(-c2csc3nc(NC(=O)COc4ccc(C)cc4C(C)(C)C)nn23)cc1. The number of carbonyl (C=O) groups is 1. The Labute approximate surface area is 191 Å². The zero-order chi connectivity index (χ0) is 22.9. The monoisotopic (exact) mass is 450 g/mol. The van der Waals surface area contributed by atoms with Crippen molar-refractivity contribution in [3.05, 3.63) is 59.0 Å². The first-order valence-corrected chi connectivity index (χ1v) is 11.1. The predicted octanol–water partition coefficient (Wildman–Crippen LogP) is 5.09. The summed E-state index contributed by atoms with van der Waals surface area (Å²) in [6, 6.07) is 13.7. The van der Waals surface area contributed by atoms with Gasteiger partial charge in [0.15, 0.2) is 6.61 Å². The maximum atomic E-state index is 12.5. The van der Waals surface area contributed by atoms with Gasteiger partial charge in [0.1, 0.15) is 11.5 Å². The number of amides is 1. The van der Waals surface area contributed by atoms with Crippen molar-refractivity contribution >= 4 is 28.2 Å². The highest BCUT2D eigenvalue weighted by Crippen LogP contribution is 2.32. The fourth-order valence-corrected chi connectivity index (χ4v) is 4.19. The summed E-state index contributed by atoms with van der Waals surface area (Å²) in [4.78, 5) is 17.6. The molecule has 0 aliphatic heterocycles. The topological polar surface area (TPSA) is 77.8 Å². The minimum absolute atomic E-state index is 0.0918. The van der Waals surface area contributed by atoms with Crippen molar-refractivity contribution in [2.75, 3.05) is 19.0 Å². The molecule has 0 spiro atoms. The number of methoxy groups -OCH3 is 1. The molecule has 0 atom stereocenters. The molecule has 4 rings (SSSR count). The Kier molecular flexibility index (Phi) is 5.88. The van der Waals surface area contributed by atoms with Crippen LogP contribution in [0.2, 0.25) is 0 Å². The Morgan fingerprint density at radius 2 is 1.91 bits per heavy atom. The molecule has 0 unspecified atom stereocenters. The minimum Gasteiger partial charge on any atom is -0.497 e. The lowest BCUT2D eigenvalue weighted by atomic mass is 9.85. The van der Waals surface area contributed by atoms with E-state index in [0.29, 0.717) is 10.7 Å². The fourth-order valence-electron chi connectivity index (χ4n) is 3.35. The first kappa shape index (κ1) is 21.8. The number of ether oxygens (including phenoxy) is 2. The largest absolute Gasteiger partial charge is 0.497 e. The molecule has 7 nitrogen and oxygen atoms in total. The van der Waals surface area contributed by atoms with Crippen LogP contribution in [-0.4, -0.2) is 34.2 Å². The van der Waals surface area contributed by atoms with Crippen LogP contribution >= 0.6 is 11.3 Å². The van der Waals surface area contributed by atoms with Crippen molar-refractivity contribution in [1.29, 1.82) is 0 Å². The van der Waals surface area contributed by atoms with E-state index < -0.39 is 0 Å². The number of carbonyl (C=O) groups excluding carboxylic acids is 1. The van der Waals surface area contributed by atoms with Gasteiger partial charge in [-0.1, -0.05) is 38.5 Å². The molecular weight excluding hydrogens is 424 g/mol. The van der Waals surface area contributed by atoms with Crippen molar-refractivity contribution < 1.29 is 14.3 Å². The zero-order valence-corrected chi connectivity index (χ0v) is 19.6. The standard InChI is InChI=1S/C24H26N4O3S/c1-15-6-11-20(18(12-15)24(2,3)4)31-13-21(29)25-22-26-23-28(27-22)19(14-32-23)16-7-9-17(30-5)10-8-16/h6-12,14H,13H2,1-5H3,(H,25,27,29). The van der Waals surface area contributed by atoms with E-state index in [1.807, 2.05) is 48.7 Å². The molecule has 0 saturated heterocycles. The summed E-state index contributed by atoms with van der Waals surface area (Å²) < 4.78 is 12.8. The van der Waals surface area contributed by atoms with E-state index >= 15 is 0 Å². The first-order valence-electron chi connectivity index (χ1n) is 10.3. The van der Waals surface area contributed by atoms with Gasteiger partial charge in [0.2, 0.25) is 4.96 Å². The molecule has 0 aliphatic carbocycles. The molecule has 0 bridgehead atoms. The van der Waals surface area contributed by atoms with Crippen LogP contribution in [-0.2, 0) is 10.2 Å². The van der Waals surface area contributed by atoms with Gasteiger partial charge >= 0.3 is 0 Å². The Hall–Kier alpha value is -3.39. The number of aromatic nitrogens is 3. The summed E-state index contributed by atoms with van der Waals surface area (Å²) in [5, 5.41) is 9.17. The number of hydrogen-bond acceptors (Lipinski definition) is 6. The Morgan fingerprint density at radius 3 is 2.59 bits per heavy atom. The number of anilines is 1. The average molecular weight is 451 g/mol. The van der Waals surface area contributed by atoms with E-state index in [1.54, 1.807) is 11.6 Å². The van der Waals surface area contributed by atoms with Crippen LogP contribution < -0.4 is 14.8 Å². The van der Waals surface area contributed by atoms with Crippen LogP contribution in [0.15, 0.2) is 47.8 Å². The van der Waals surface area contributed by atoms with E-state index in [0.717, 1.165) is 28.1 Å². The quantitative estimate of drug-likeness (QED) is 0.443. The average Bonchev–Trinajstić information content (AvgIpc) is 3.32. The third-order valence-corrected chi connectivity index (χ3v) is 5.84. The van der Waals surface area contributed by atoms with Crippen LogP contribution in [0.3, 0.4) is 0 Å². The third-order valence-electron chi connectivity index (χ3n) is 5.02. The van der Waals surface area contributed by atoms with Gasteiger partial charge in [-0.3, -0.25) is 10.1 Å². The molecule has 2 heterocycles. The lowest BCUT2D eigenvalue weighted by Crippen LogP contribution is -2.22. The highest BCUT2D eigenvalue weighted by molar-refractivity contribution is 7.15. The lowest BCUT2D eigenvalue weighted by Gasteiger charge is -2.23. The molecule has 1 N–H and O–H groups in total. The van der Waals surface area contributed by atoms with E-state index in [2.05, 4.69) is 42.2 Å². The smallest absolute Gasteiger partial charge is 0.264 e. The van der Waals surface area contributed by atoms with Crippen molar-refractivity contribution in [2.24, 2.45) is 0 Å². The summed E-state index contributed by atoms with van der Waals surface area (Å²) >= 11 is 1.46. The van der Waals surface area contributed by atoms with Crippen LogP contribution in [0.4, 0.5) is 5.95 Å². The fraction of sp³-hybridized carbons (Fsp3) is 0.292. The zero-order valence-electron chi connectivity index (χ0n) is 18.8. The molecule has 4 aromatic rings. The molecule has 166 valence electrons. The number of thiazole rings is 1. The number of fused-ring (bicyclic) bond motifs is 1. The molecule has 0 radical (unpaired) electrons. The van der Waals surface area contributed by atoms with Crippen LogP contribution in [0.25, 0.3) is 16.2 Å². The molecule has 32 heavy (non-hydrogen) atoms. The second kappa shape index (κ2) is 8.63. The van der Waals surface area contributed by atoms with Gasteiger partial charge in [0.25, 0.3) is 11.9 Å². The number of aryl methyl sites for hydroxylation is 1. The van der Waals surface area contributed by atoms with E-state index in [4.69, 9.17) is 9.47 Å². The van der Waals surface area contributed by atoms with Gasteiger partial charge < -0.3 is 9.47 Å². The van der Waals surface area contributed by atoms with E-state index in [-0.39, 0.29) is 23.9 Å². The summed E-state index contributed by atoms with van der Waals surface area (Å²) in [7, 11) is 1.64. The van der Waals surface area contributed by atoms with Gasteiger partial charge in [0, 0.05) is 10.9 Å². The summed E-state index contributed by atoms with van der Waals surface area (Å²) in [5.41, 5.74) is 4.01. The highest BCUT2D eigenvalue weighted by atomic mass is 32.1. The first-order chi connectivity index (χ1) is 15.2. The van der Waals surface area contributed by atoms with Crippen molar-refractivity contribution in [3.8, 4) is 22.8 Å².